The first kappa shape index (κ1) is 43.5. The van der Waals surface area contributed by atoms with Crippen LogP contribution in [0.3, 0.4) is 0 Å². The van der Waals surface area contributed by atoms with Gasteiger partial charge in [-0.2, -0.15) is 0 Å². The van der Waals surface area contributed by atoms with Crippen LogP contribution >= 0.6 is 0 Å². The lowest BCUT2D eigenvalue weighted by Crippen LogP contribution is -2.56. The Morgan fingerprint density at radius 2 is 0.764 bits per heavy atom. The molecule has 8 unspecified atom stereocenters. The summed E-state index contributed by atoms with van der Waals surface area (Å²) in [6.07, 6.45) is 18.8. The zero-order valence-corrected chi connectivity index (χ0v) is 42.3. The molecule has 2 nitrogen and oxygen atoms in total. The van der Waals surface area contributed by atoms with E-state index in [1.54, 1.807) is 12.1 Å². The van der Waals surface area contributed by atoms with E-state index in [4.69, 9.17) is 0 Å². The fraction of sp³-hybridized carbons (Fsp3) is 0.235. The second-order valence-electron chi connectivity index (χ2n) is 22.7. The number of fused-ring (bicyclic) bond motifs is 4. The van der Waals surface area contributed by atoms with Crippen LogP contribution in [0.15, 0.2) is 204 Å². The first-order valence-electron chi connectivity index (χ1n) is 26.0. The van der Waals surface area contributed by atoms with Gasteiger partial charge in [0.15, 0.2) is 0 Å². The number of halogens is 2. The average Bonchev–Trinajstić information content (AvgIpc) is 3.38. The van der Waals surface area contributed by atoms with Gasteiger partial charge in [-0.05, 0) is 154 Å². The Morgan fingerprint density at radius 1 is 0.403 bits per heavy atom. The van der Waals surface area contributed by atoms with Gasteiger partial charge in [-0.15, -0.1) is 0 Å². The number of allylic oxidation sites excluding steroid dienone is 8. The van der Waals surface area contributed by atoms with Crippen molar-refractivity contribution in [2.45, 2.75) is 77.3 Å². The van der Waals surface area contributed by atoms with E-state index in [0.717, 1.165) is 77.1 Å². The summed E-state index contributed by atoms with van der Waals surface area (Å²) in [6.45, 7) is 18.5. The molecule has 0 N–H and O–H groups in total. The lowest BCUT2D eigenvalue weighted by Gasteiger charge is -2.58. The second-order valence-corrected chi connectivity index (χ2v) is 22.7. The number of benzene rings is 8. The van der Waals surface area contributed by atoms with Crippen LogP contribution in [0, 0.1) is 35.3 Å². The standard InChI is InChI=1S/C68H58F2N2/c1-39-27-31-65(5)51-35-47(43-15-11-9-12-16-43)37-53(69)61(51)71(67(7)33-29-41(3)57(39)63(65)67)55-25-21-45-20-24-50-56(26-22-46-19-23-49(55)59(45)60(46)50)72-62-52(36-48(38-54(62)70)44-17-13-10-14-18-44)66(6)32-28-40(2)58-42(4)30-34-68(72,8)64(58)66/h9-42H,1-8H3. The minimum absolute atomic E-state index is 0.231. The van der Waals surface area contributed by atoms with E-state index in [1.165, 1.54) is 22.3 Å². The molecular weight excluding hydrogens is 883 g/mol. The molecule has 4 heteroatoms. The van der Waals surface area contributed by atoms with Crippen molar-refractivity contribution in [3.05, 3.63) is 227 Å². The predicted octanol–water partition coefficient (Wildman–Crippen LogP) is 17.9. The number of anilines is 4. The quantitative estimate of drug-likeness (QED) is 0.128. The molecule has 8 atom stereocenters. The maximum Gasteiger partial charge on any atom is 0.147 e. The van der Waals surface area contributed by atoms with Gasteiger partial charge in [-0.25, -0.2) is 8.78 Å². The molecule has 0 saturated carbocycles. The molecule has 8 aromatic rings. The fourth-order valence-corrected chi connectivity index (χ4v) is 15.3. The molecule has 0 amide bonds. The Bertz CT molecular complexity index is 3610. The predicted molar refractivity (Wildman–Crippen MR) is 297 cm³/mol. The van der Waals surface area contributed by atoms with Crippen molar-refractivity contribution in [1.29, 1.82) is 0 Å². The summed E-state index contributed by atoms with van der Waals surface area (Å²) in [6, 6.07) is 46.3. The minimum Gasteiger partial charge on any atom is -0.325 e. The topological polar surface area (TPSA) is 6.48 Å². The molecule has 0 radical (unpaired) electrons. The van der Waals surface area contributed by atoms with Crippen molar-refractivity contribution in [3.63, 3.8) is 0 Å². The van der Waals surface area contributed by atoms with Crippen LogP contribution in [-0.4, -0.2) is 11.1 Å². The summed E-state index contributed by atoms with van der Waals surface area (Å²) in [5.41, 5.74) is 11.8. The monoisotopic (exact) mass is 940 g/mol. The zero-order chi connectivity index (χ0) is 49.4. The van der Waals surface area contributed by atoms with Crippen molar-refractivity contribution in [2.75, 3.05) is 9.80 Å². The third-order valence-corrected chi connectivity index (χ3v) is 18.4. The van der Waals surface area contributed by atoms with Crippen LogP contribution in [0.2, 0.25) is 0 Å². The molecule has 0 bridgehead atoms. The van der Waals surface area contributed by atoms with Gasteiger partial charge in [0.2, 0.25) is 0 Å². The summed E-state index contributed by atoms with van der Waals surface area (Å²) in [5.74, 6) is 0.447. The molecular formula is C68H58F2N2. The molecule has 8 aromatic carbocycles. The Morgan fingerprint density at radius 3 is 1.15 bits per heavy atom. The van der Waals surface area contributed by atoms with E-state index in [2.05, 4.69) is 199 Å². The third-order valence-electron chi connectivity index (χ3n) is 18.4. The number of rotatable bonds is 4. The average molecular weight is 941 g/mol. The van der Waals surface area contributed by atoms with Crippen molar-refractivity contribution >= 4 is 55.1 Å². The van der Waals surface area contributed by atoms with Gasteiger partial charge in [0, 0.05) is 21.6 Å². The van der Waals surface area contributed by atoms with Crippen LogP contribution in [0.1, 0.15) is 66.5 Å². The van der Waals surface area contributed by atoms with Crippen molar-refractivity contribution in [2.24, 2.45) is 23.7 Å². The van der Waals surface area contributed by atoms with Gasteiger partial charge in [0.05, 0.1) is 33.8 Å². The van der Waals surface area contributed by atoms with Crippen molar-refractivity contribution in [3.8, 4) is 22.3 Å². The highest BCUT2D eigenvalue weighted by molar-refractivity contribution is 6.28. The van der Waals surface area contributed by atoms with Gasteiger partial charge in [-0.3, -0.25) is 0 Å². The molecule has 0 saturated heterocycles. The third kappa shape index (κ3) is 5.48. The normalized spacial score (nSPS) is 28.8. The van der Waals surface area contributed by atoms with E-state index in [0.29, 0.717) is 11.4 Å². The first-order chi connectivity index (χ1) is 34.7. The highest BCUT2D eigenvalue weighted by Crippen LogP contribution is 2.64. The summed E-state index contributed by atoms with van der Waals surface area (Å²) >= 11 is 0. The van der Waals surface area contributed by atoms with Crippen LogP contribution in [0.4, 0.5) is 31.5 Å². The van der Waals surface area contributed by atoms with E-state index in [-0.39, 0.29) is 35.3 Å². The van der Waals surface area contributed by atoms with Gasteiger partial charge < -0.3 is 9.80 Å². The molecule has 2 heterocycles. The van der Waals surface area contributed by atoms with Gasteiger partial charge in [0.25, 0.3) is 0 Å². The second kappa shape index (κ2) is 14.7. The Balaban J connectivity index is 1.04. The summed E-state index contributed by atoms with van der Waals surface area (Å²) in [5, 5.41) is 6.57. The fourth-order valence-electron chi connectivity index (χ4n) is 15.3. The largest absolute Gasteiger partial charge is 0.325 e. The lowest BCUT2D eigenvalue weighted by atomic mass is 9.55. The molecule has 72 heavy (non-hydrogen) atoms. The number of hydrogen-bond acceptors (Lipinski definition) is 2. The van der Waals surface area contributed by atoms with Gasteiger partial charge in [-0.1, -0.05) is 185 Å². The minimum atomic E-state index is -0.692. The van der Waals surface area contributed by atoms with E-state index in [9.17, 15) is 0 Å². The Hall–Kier alpha value is -7.30. The molecule has 4 aliphatic carbocycles. The van der Waals surface area contributed by atoms with Gasteiger partial charge in [0.1, 0.15) is 11.6 Å². The highest BCUT2D eigenvalue weighted by Gasteiger charge is 2.57. The van der Waals surface area contributed by atoms with Crippen LogP contribution in [0.25, 0.3) is 54.6 Å². The van der Waals surface area contributed by atoms with Crippen LogP contribution < -0.4 is 9.80 Å². The lowest BCUT2D eigenvalue weighted by molar-refractivity contribution is 0.451. The summed E-state index contributed by atoms with van der Waals surface area (Å²) in [7, 11) is 0. The van der Waals surface area contributed by atoms with Crippen molar-refractivity contribution < 1.29 is 8.78 Å². The molecule has 2 aliphatic heterocycles. The van der Waals surface area contributed by atoms with Crippen LogP contribution in [0.5, 0.6) is 0 Å². The Kier molecular flexibility index (Phi) is 8.85. The maximum absolute atomic E-state index is 17.9. The molecule has 6 aliphatic rings. The molecule has 14 rings (SSSR count). The number of nitrogens with zero attached hydrogens (tertiary/aromatic N) is 2. The summed E-state index contributed by atoms with van der Waals surface area (Å²) in [4.78, 5) is 4.68. The van der Waals surface area contributed by atoms with Gasteiger partial charge >= 0.3 is 0 Å². The molecule has 0 aromatic heterocycles. The first-order valence-corrected chi connectivity index (χ1v) is 26.0. The molecule has 0 spiro atoms. The number of hydrogen-bond donors (Lipinski definition) is 0. The van der Waals surface area contributed by atoms with E-state index in [1.807, 2.05) is 36.4 Å². The maximum atomic E-state index is 17.9. The smallest absolute Gasteiger partial charge is 0.147 e. The SMILES string of the molecule is CC1C=CC2(C)C3=C1C(C)C=CC3(C)N(c1ccc3ccc4c(N5c6c(F)cc(-c7ccccc7)cc6C6(C)C=CC(C)C7=C6C5(C)C=CC7C)ccc5ccc1c3c54)c1c(F)cc(-c3ccccc3)cc12. The molecule has 354 valence electrons. The zero-order valence-electron chi connectivity index (χ0n) is 42.3. The van der Waals surface area contributed by atoms with E-state index < -0.39 is 21.9 Å². The molecule has 0 fully saturated rings. The van der Waals surface area contributed by atoms with Crippen LogP contribution in [-0.2, 0) is 10.8 Å². The van der Waals surface area contributed by atoms with E-state index >= 15 is 8.78 Å². The highest BCUT2D eigenvalue weighted by atomic mass is 19.1. The van der Waals surface area contributed by atoms with Crippen molar-refractivity contribution in [1.82, 2.24) is 0 Å². The Labute approximate surface area is 422 Å². The summed E-state index contributed by atoms with van der Waals surface area (Å²) < 4.78 is 35.9.